The zero-order valence-corrected chi connectivity index (χ0v) is 29.0. The summed E-state index contributed by atoms with van der Waals surface area (Å²) in [6.45, 7) is 5.57. The van der Waals surface area contributed by atoms with Gasteiger partial charge in [0.2, 0.25) is 5.91 Å². The second-order valence-corrected chi connectivity index (χ2v) is 13.2. The number of carboxylic acid groups (broad SMARTS) is 1. The van der Waals surface area contributed by atoms with Crippen LogP contribution in [-0.2, 0) is 31.7 Å². The number of para-hydroxylation sites is 2. The van der Waals surface area contributed by atoms with Gasteiger partial charge in [0, 0.05) is 26.0 Å². The summed E-state index contributed by atoms with van der Waals surface area (Å²) in [5.74, 6) is -0.448. The number of nitrogens with two attached hydrogens (primary N) is 2. The lowest BCUT2D eigenvalue weighted by molar-refractivity contribution is -0.383. The predicted molar refractivity (Wildman–Crippen MR) is 185 cm³/mol. The summed E-state index contributed by atoms with van der Waals surface area (Å²) in [6, 6.07) is 16.7. The molecule has 0 radical (unpaired) electrons. The number of nitrogen functional groups attached to an aromatic ring is 1. The first-order chi connectivity index (χ1) is 22.1. The maximum atomic E-state index is 12.0. The van der Waals surface area contributed by atoms with Gasteiger partial charge in [-0.25, -0.2) is 0 Å². The molecule has 6 N–H and O–H groups in total. The highest BCUT2D eigenvalue weighted by Gasteiger charge is 2.21. The van der Waals surface area contributed by atoms with E-state index >= 15 is 0 Å². The predicted octanol–water partition coefficient (Wildman–Crippen LogP) is 6.30. The number of aryl methyl sites for hydroxylation is 2. The largest absolute Gasteiger partial charge is 0.480 e. The lowest BCUT2D eigenvalue weighted by Gasteiger charge is -2.26. The third-order valence-electron chi connectivity index (χ3n) is 6.37. The van der Waals surface area contributed by atoms with Gasteiger partial charge in [-0.2, -0.15) is 0 Å². The molecule has 13 nitrogen and oxygen atoms in total. The molecule has 0 heterocycles. The Morgan fingerprint density at radius 2 is 1.64 bits per heavy atom. The minimum absolute atomic E-state index is 0.0352. The third-order valence-corrected chi connectivity index (χ3v) is 8.08. The van der Waals surface area contributed by atoms with Gasteiger partial charge in [0.1, 0.15) is 40.9 Å². The summed E-state index contributed by atoms with van der Waals surface area (Å²) < 4.78 is 21.3. The van der Waals surface area contributed by atoms with E-state index in [9.17, 15) is 24.3 Å². The van der Waals surface area contributed by atoms with Crippen LogP contribution in [0.1, 0.15) is 31.4 Å². The molecule has 0 bridgehead atoms. The molecule has 3 aromatic rings. The number of ether oxygens (including phenoxy) is 2. The fourth-order valence-corrected chi connectivity index (χ4v) is 5.04. The number of aliphatic carboxylic acids is 1. The number of hydrogen-bond acceptors (Lipinski definition) is 9. The monoisotopic (exact) mass is 714 g/mol. The van der Waals surface area contributed by atoms with E-state index in [1.807, 2.05) is 24.3 Å². The molecule has 47 heavy (non-hydrogen) atoms. The van der Waals surface area contributed by atoms with Crippen molar-refractivity contribution in [3.8, 4) is 11.5 Å². The van der Waals surface area contributed by atoms with Crippen LogP contribution < -0.4 is 21.1 Å². The summed E-state index contributed by atoms with van der Waals surface area (Å²) in [6.07, 6.45) is 1.75. The van der Waals surface area contributed by atoms with E-state index < -0.39 is 24.3 Å². The molecule has 0 aliphatic heterocycles. The molecule has 1 amide bonds. The molecule has 0 aliphatic rings. The summed E-state index contributed by atoms with van der Waals surface area (Å²) in [4.78, 5) is 42.5. The summed E-state index contributed by atoms with van der Waals surface area (Å²) in [5, 5.41) is 19.0. The second-order valence-electron chi connectivity index (χ2n) is 10.00. The zero-order valence-electron chi connectivity index (χ0n) is 26.6. The molecule has 0 spiro atoms. The first kappa shape index (κ1) is 41.3. The van der Waals surface area contributed by atoms with Gasteiger partial charge in [0.05, 0.1) is 10.6 Å². The topological polar surface area (TPSA) is 209 Å². The SMILES string of the molecule is CCc1cccc(CC)c1N(COC)C(=O)CCl.CP(=O)(O)CCC(N)C(=O)O.Nc1c([N+](=O)[O-])ccc(Oc2ccccc2)c1Cl. The maximum Gasteiger partial charge on any atom is 0.320 e. The van der Waals surface area contributed by atoms with Crippen molar-refractivity contribution in [3.05, 3.63) is 86.9 Å². The van der Waals surface area contributed by atoms with Crippen molar-refractivity contribution >= 4 is 59.5 Å². The van der Waals surface area contributed by atoms with Gasteiger partial charge in [-0.1, -0.05) is 61.8 Å². The number of benzene rings is 3. The van der Waals surface area contributed by atoms with Gasteiger partial charge in [0.15, 0.2) is 7.37 Å². The standard InChI is InChI=1S/C14H20ClNO2.C12H9ClN2O3.C5H12NO4P/c1-4-11-7-6-8-12(5-2)14(11)16(10-18-3)13(17)9-15;13-11-10(18-8-4-2-1-3-5-8)7-6-9(12(11)14)15(16)17;1-11(9,10)3-2-4(6)5(7)8/h6-8H,4-5,9-10H2,1-3H3;1-7H,14H2;4H,2-3,6H2,1H3,(H,7,8)(H,9,10). The number of amides is 1. The minimum Gasteiger partial charge on any atom is -0.480 e. The Labute approximate surface area is 284 Å². The van der Waals surface area contributed by atoms with Crippen LogP contribution in [-0.4, -0.2) is 65.4 Å². The number of nitro benzene ring substituents is 1. The number of rotatable bonds is 13. The van der Waals surface area contributed by atoms with Crippen molar-refractivity contribution in [2.24, 2.45) is 5.73 Å². The fraction of sp³-hybridized carbons (Fsp3) is 0.355. The lowest BCUT2D eigenvalue weighted by Crippen LogP contribution is -2.35. The summed E-state index contributed by atoms with van der Waals surface area (Å²) in [7, 11) is -1.52. The van der Waals surface area contributed by atoms with E-state index in [0.717, 1.165) is 29.7 Å². The third kappa shape index (κ3) is 13.9. The normalized spacial score (nSPS) is 12.3. The molecule has 3 rings (SSSR count). The van der Waals surface area contributed by atoms with Crippen molar-refractivity contribution in [3.63, 3.8) is 0 Å². The van der Waals surface area contributed by atoms with Crippen molar-refractivity contribution in [2.45, 2.75) is 39.2 Å². The fourth-order valence-electron chi connectivity index (χ4n) is 3.94. The molecule has 0 saturated heterocycles. The number of halogens is 2. The molecular weight excluding hydrogens is 674 g/mol. The molecule has 0 saturated carbocycles. The molecule has 2 atom stereocenters. The highest BCUT2D eigenvalue weighted by Crippen LogP contribution is 2.39. The van der Waals surface area contributed by atoms with Gasteiger partial charge in [0.25, 0.3) is 5.69 Å². The first-order valence-electron chi connectivity index (χ1n) is 14.3. The van der Waals surface area contributed by atoms with Gasteiger partial charge in [-0.15, -0.1) is 11.6 Å². The average Bonchev–Trinajstić information content (AvgIpc) is 3.04. The Morgan fingerprint density at radius 1 is 1.06 bits per heavy atom. The van der Waals surface area contributed by atoms with E-state index in [1.165, 1.54) is 18.8 Å². The minimum atomic E-state index is -3.10. The smallest absolute Gasteiger partial charge is 0.320 e. The number of anilines is 2. The van der Waals surface area contributed by atoms with Crippen LogP contribution in [0.3, 0.4) is 0 Å². The van der Waals surface area contributed by atoms with Crippen LogP contribution in [0.5, 0.6) is 11.5 Å². The second kappa shape index (κ2) is 20.5. The van der Waals surface area contributed by atoms with Crippen LogP contribution in [0.25, 0.3) is 0 Å². The van der Waals surface area contributed by atoms with E-state index in [-0.39, 0.29) is 53.2 Å². The molecule has 2 unspecified atom stereocenters. The Hall–Kier alpha value is -3.71. The Kier molecular flexibility index (Phi) is 18.0. The van der Waals surface area contributed by atoms with E-state index in [0.29, 0.717) is 5.75 Å². The highest BCUT2D eigenvalue weighted by atomic mass is 35.5. The zero-order chi connectivity index (χ0) is 35.7. The highest BCUT2D eigenvalue weighted by molar-refractivity contribution is 7.57. The summed E-state index contributed by atoms with van der Waals surface area (Å²) >= 11 is 11.6. The van der Waals surface area contributed by atoms with E-state index in [4.69, 9.17) is 54.1 Å². The number of hydrogen-bond donors (Lipinski definition) is 4. The van der Waals surface area contributed by atoms with Crippen molar-refractivity contribution in [1.29, 1.82) is 0 Å². The number of nitro groups is 1. The van der Waals surface area contributed by atoms with Gasteiger partial charge in [-0.05, 0) is 48.6 Å². The van der Waals surface area contributed by atoms with Crippen LogP contribution in [0.15, 0.2) is 60.7 Å². The van der Waals surface area contributed by atoms with Gasteiger partial charge in [-0.3, -0.25) is 29.2 Å². The lowest BCUT2D eigenvalue weighted by atomic mass is 10.0. The average molecular weight is 716 g/mol. The van der Waals surface area contributed by atoms with Crippen LogP contribution in [0.2, 0.25) is 5.02 Å². The number of carbonyl (C=O) groups is 2. The van der Waals surface area contributed by atoms with Crippen LogP contribution >= 0.6 is 30.6 Å². The maximum absolute atomic E-state index is 12.0. The molecular formula is C31H41Cl2N4O9P. The Balaban J connectivity index is 0.000000365. The first-order valence-corrected chi connectivity index (χ1v) is 17.5. The van der Waals surface area contributed by atoms with E-state index in [2.05, 4.69) is 13.8 Å². The molecule has 16 heteroatoms. The van der Waals surface area contributed by atoms with Crippen molar-refractivity contribution in [1.82, 2.24) is 0 Å². The van der Waals surface area contributed by atoms with Crippen LogP contribution in [0, 0.1) is 10.1 Å². The number of methoxy groups -OCH3 is 1. The summed E-state index contributed by atoms with van der Waals surface area (Å²) in [5.41, 5.74) is 13.6. The quantitative estimate of drug-likeness (QED) is 0.0386. The molecule has 3 aromatic carbocycles. The molecule has 0 aromatic heterocycles. The molecule has 0 aliphatic carbocycles. The number of carbonyl (C=O) groups excluding carboxylic acids is 1. The van der Waals surface area contributed by atoms with Gasteiger partial charge < -0.3 is 30.9 Å². The van der Waals surface area contributed by atoms with Crippen molar-refractivity contribution < 1.29 is 38.6 Å². The van der Waals surface area contributed by atoms with Gasteiger partial charge >= 0.3 is 5.97 Å². The Bertz CT molecular complexity index is 1500. The van der Waals surface area contributed by atoms with Crippen LogP contribution in [0.4, 0.5) is 17.1 Å². The Morgan fingerprint density at radius 3 is 2.09 bits per heavy atom. The molecule has 0 fully saturated rings. The molecule has 258 valence electrons. The number of nitrogens with zero attached hydrogens (tertiary/aromatic N) is 2. The number of alkyl halides is 1. The van der Waals surface area contributed by atoms with Crippen molar-refractivity contribution in [2.75, 3.05) is 43.2 Å². The van der Waals surface area contributed by atoms with E-state index in [1.54, 1.807) is 36.3 Å². The number of carboxylic acids is 1.